The molecule has 1 aliphatic carbocycles. The second-order valence-electron chi connectivity index (χ2n) is 8.31. The summed E-state index contributed by atoms with van der Waals surface area (Å²) in [4.78, 5) is 0. The average Bonchev–Trinajstić information content (AvgIpc) is 2.72. The zero-order valence-corrected chi connectivity index (χ0v) is 17.0. The van der Waals surface area contributed by atoms with E-state index in [1.807, 2.05) is 0 Å². The summed E-state index contributed by atoms with van der Waals surface area (Å²) < 4.78 is 27.4. The van der Waals surface area contributed by atoms with Crippen molar-refractivity contribution in [1.82, 2.24) is 0 Å². The van der Waals surface area contributed by atoms with E-state index in [1.165, 1.54) is 49.8 Å². The van der Waals surface area contributed by atoms with E-state index in [4.69, 9.17) is 5.26 Å². The first-order valence-electron chi connectivity index (χ1n) is 10.7. The smallest absolute Gasteiger partial charge is 0.144 e. The maximum atomic E-state index is 13.7. The molecule has 3 rings (SSSR count). The number of nitriles is 1. The van der Waals surface area contributed by atoms with E-state index in [0.717, 1.165) is 36.7 Å². The van der Waals surface area contributed by atoms with Gasteiger partial charge in [0.15, 0.2) is 0 Å². The fourth-order valence-electron chi connectivity index (χ4n) is 4.40. The fraction of sp³-hybridized carbons (Fsp3) is 0.423. The molecule has 2 aromatic rings. The van der Waals surface area contributed by atoms with Crippen LogP contribution in [0.2, 0.25) is 0 Å². The van der Waals surface area contributed by atoms with Crippen LogP contribution in [-0.4, -0.2) is 0 Å². The van der Waals surface area contributed by atoms with Gasteiger partial charge in [-0.2, -0.15) is 5.26 Å². The highest BCUT2D eigenvalue weighted by molar-refractivity contribution is 5.35. The quantitative estimate of drug-likeness (QED) is 0.446. The molecule has 0 aliphatic heterocycles. The van der Waals surface area contributed by atoms with Gasteiger partial charge in [0, 0.05) is 0 Å². The van der Waals surface area contributed by atoms with E-state index >= 15 is 0 Å². The van der Waals surface area contributed by atoms with Gasteiger partial charge in [0.2, 0.25) is 0 Å². The largest absolute Gasteiger partial charge is 0.205 e. The molecule has 0 aromatic heterocycles. The van der Waals surface area contributed by atoms with Gasteiger partial charge in [-0.05, 0) is 85.6 Å². The highest BCUT2D eigenvalue weighted by atomic mass is 19.1. The number of rotatable bonds is 8. The summed E-state index contributed by atoms with van der Waals surface area (Å²) in [5.74, 6) is 0.130. The Kier molecular flexibility index (Phi) is 7.58. The van der Waals surface area contributed by atoms with E-state index in [1.54, 1.807) is 6.07 Å². The molecular weight excluding hydrogens is 364 g/mol. The first-order chi connectivity index (χ1) is 14.1. The molecule has 0 atom stereocenters. The number of nitrogens with zero attached hydrogens (tertiary/aromatic N) is 1. The topological polar surface area (TPSA) is 23.8 Å². The third-order valence-electron chi connectivity index (χ3n) is 6.25. The third kappa shape index (κ3) is 6.00. The molecule has 3 heteroatoms. The van der Waals surface area contributed by atoms with E-state index in [9.17, 15) is 8.78 Å². The average molecular weight is 394 g/mol. The SMILES string of the molecule is C=CCC1CCC(CCc2ccc(CCc3cc(F)c(C#N)c(F)c3)cc2)CC1. The molecule has 29 heavy (non-hydrogen) atoms. The normalized spacial score (nSPS) is 18.9. The third-order valence-corrected chi connectivity index (χ3v) is 6.25. The molecule has 0 radical (unpaired) electrons. The van der Waals surface area contributed by atoms with Crippen molar-refractivity contribution in [2.75, 3.05) is 0 Å². The summed E-state index contributed by atoms with van der Waals surface area (Å²) in [6, 6.07) is 12.7. The van der Waals surface area contributed by atoms with Gasteiger partial charge in [-0.1, -0.05) is 43.2 Å². The van der Waals surface area contributed by atoms with Crippen molar-refractivity contribution in [2.45, 2.75) is 57.8 Å². The minimum Gasteiger partial charge on any atom is -0.205 e. The predicted molar refractivity (Wildman–Crippen MR) is 114 cm³/mol. The fourth-order valence-corrected chi connectivity index (χ4v) is 4.40. The monoisotopic (exact) mass is 393 g/mol. The van der Waals surface area contributed by atoms with Crippen molar-refractivity contribution in [1.29, 1.82) is 5.26 Å². The molecule has 1 fully saturated rings. The number of halogens is 2. The number of allylic oxidation sites excluding steroid dienone is 1. The molecule has 1 saturated carbocycles. The Labute approximate surface area is 173 Å². The molecule has 0 bridgehead atoms. The Balaban J connectivity index is 1.46. The minimum atomic E-state index is -0.781. The molecule has 1 aliphatic rings. The summed E-state index contributed by atoms with van der Waals surface area (Å²) in [5, 5.41) is 8.75. The van der Waals surface area contributed by atoms with Crippen LogP contribution in [0.15, 0.2) is 49.1 Å². The lowest BCUT2D eigenvalue weighted by Gasteiger charge is -2.27. The zero-order chi connectivity index (χ0) is 20.6. The molecule has 0 unspecified atom stereocenters. The second kappa shape index (κ2) is 10.3. The van der Waals surface area contributed by atoms with Crippen LogP contribution in [0.1, 0.15) is 60.8 Å². The summed E-state index contributed by atoms with van der Waals surface area (Å²) in [6.07, 6.45) is 12.2. The van der Waals surface area contributed by atoms with Gasteiger partial charge >= 0.3 is 0 Å². The highest BCUT2D eigenvalue weighted by Crippen LogP contribution is 2.33. The second-order valence-corrected chi connectivity index (χ2v) is 8.31. The zero-order valence-electron chi connectivity index (χ0n) is 17.0. The van der Waals surface area contributed by atoms with Crippen LogP contribution >= 0.6 is 0 Å². The summed E-state index contributed by atoms with van der Waals surface area (Å²) >= 11 is 0. The molecule has 0 saturated heterocycles. The number of hydrogen-bond donors (Lipinski definition) is 0. The lowest BCUT2D eigenvalue weighted by Crippen LogP contribution is -2.14. The van der Waals surface area contributed by atoms with Crippen molar-refractivity contribution < 1.29 is 8.78 Å². The van der Waals surface area contributed by atoms with Crippen molar-refractivity contribution in [3.63, 3.8) is 0 Å². The van der Waals surface area contributed by atoms with E-state index < -0.39 is 17.2 Å². The van der Waals surface area contributed by atoms with Crippen LogP contribution in [0.5, 0.6) is 0 Å². The van der Waals surface area contributed by atoms with E-state index in [2.05, 4.69) is 36.9 Å². The molecular formula is C26H29F2N. The van der Waals surface area contributed by atoms with Crippen LogP contribution in [0, 0.1) is 34.8 Å². The van der Waals surface area contributed by atoms with Crippen LogP contribution < -0.4 is 0 Å². The first-order valence-corrected chi connectivity index (χ1v) is 10.7. The Morgan fingerprint density at radius 1 is 0.862 bits per heavy atom. The standard InChI is InChI=1S/C26H29F2N/c1-2-3-19-4-6-20(7-5-19)8-9-21-10-12-22(13-11-21)14-15-23-16-25(27)24(18-29)26(28)17-23/h2,10-13,16-17,19-20H,1,3-9,14-15H2. The van der Waals surface area contributed by atoms with E-state index in [-0.39, 0.29) is 0 Å². The minimum absolute atomic E-state index is 0.507. The summed E-state index contributed by atoms with van der Waals surface area (Å²) in [6.45, 7) is 3.86. The van der Waals surface area contributed by atoms with Gasteiger partial charge in [0.05, 0.1) is 0 Å². The molecule has 152 valence electrons. The van der Waals surface area contributed by atoms with Gasteiger partial charge in [0.1, 0.15) is 23.3 Å². The van der Waals surface area contributed by atoms with Crippen LogP contribution in [0.4, 0.5) is 8.78 Å². The first kappa shape index (κ1) is 21.2. The Bertz CT molecular complexity index is 832. The van der Waals surface area contributed by atoms with E-state index in [0.29, 0.717) is 12.0 Å². The predicted octanol–water partition coefficient (Wildman–Crippen LogP) is 6.94. The Morgan fingerprint density at radius 2 is 1.38 bits per heavy atom. The van der Waals surface area contributed by atoms with Crippen molar-refractivity contribution in [3.05, 3.63) is 82.9 Å². The maximum absolute atomic E-state index is 13.7. The molecule has 0 amide bonds. The van der Waals surface area contributed by atoms with Gasteiger partial charge in [-0.15, -0.1) is 6.58 Å². The van der Waals surface area contributed by atoms with Gasteiger partial charge in [-0.3, -0.25) is 0 Å². The molecule has 1 nitrogen and oxygen atoms in total. The lowest BCUT2D eigenvalue weighted by molar-refractivity contribution is 0.265. The van der Waals surface area contributed by atoms with Crippen molar-refractivity contribution in [2.24, 2.45) is 11.8 Å². The number of hydrogen-bond acceptors (Lipinski definition) is 1. The van der Waals surface area contributed by atoms with Gasteiger partial charge in [-0.25, -0.2) is 8.78 Å². The molecule has 0 heterocycles. The van der Waals surface area contributed by atoms with Crippen LogP contribution in [-0.2, 0) is 19.3 Å². The summed E-state index contributed by atoms with van der Waals surface area (Å²) in [7, 11) is 0. The van der Waals surface area contributed by atoms with Crippen LogP contribution in [0.3, 0.4) is 0 Å². The Morgan fingerprint density at radius 3 is 1.93 bits per heavy atom. The number of aryl methyl sites for hydroxylation is 3. The van der Waals surface area contributed by atoms with Gasteiger partial charge in [0.25, 0.3) is 0 Å². The lowest BCUT2D eigenvalue weighted by atomic mass is 9.78. The highest BCUT2D eigenvalue weighted by Gasteiger charge is 2.20. The van der Waals surface area contributed by atoms with Crippen molar-refractivity contribution in [3.8, 4) is 6.07 Å². The van der Waals surface area contributed by atoms with Crippen molar-refractivity contribution >= 4 is 0 Å². The van der Waals surface area contributed by atoms with Gasteiger partial charge < -0.3 is 0 Å². The van der Waals surface area contributed by atoms with Crippen LogP contribution in [0.25, 0.3) is 0 Å². The Hall–Kier alpha value is -2.47. The molecule has 0 N–H and O–H groups in total. The number of benzene rings is 2. The molecule has 2 aromatic carbocycles. The maximum Gasteiger partial charge on any atom is 0.144 e. The summed E-state index contributed by atoms with van der Waals surface area (Å²) in [5.41, 5.74) is 2.59. The molecule has 0 spiro atoms.